The number of nitrogens with zero attached hydrogens (tertiary/aromatic N) is 1. The van der Waals surface area contributed by atoms with Crippen molar-refractivity contribution in [3.63, 3.8) is 0 Å². The van der Waals surface area contributed by atoms with Crippen LogP contribution in [0.3, 0.4) is 0 Å². The Morgan fingerprint density at radius 2 is 2.05 bits per heavy atom. The van der Waals surface area contributed by atoms with Crippen LogP contribution < -0.4 is 11.1 Å². The molecule has 0 aliphatic carbocycles. The molecule has 1 saturated heterocycles. The second-order valence-corrected chi connectivity index (χ2v) is 6.09. The van der Waals surface area contributed by atoms with Crippen molar-refractivity contribution >= 4 is 24.0 Å². The van der Waals surface area contributed by atoms with Crippen LogP contribution in [0.4, 0.5) is 5.69 Å². The first-order valence-corrected chi connectivity index (χ1v) is 7.95. The fraction of sp³-hybridized carbons (Fsp3) is 0.588. The summed E-state index contributed by atoms with van der Waals surface area (Å²) in [6.07, 6.45) is 3.25. The minimum atomic E-state index is 0. The number of rotatable bonds is 5. The van der Waals surface area contributed by atoms with Crippen molar-refractivity contribution in [1.82, 2.24) is 4.90 Å². The molecule has 124 valence electrons. The molecule has 0 bridgehead atoms. The maximum Gasteiger partial charge on any atom is 0.238 e. The van der Waals surface area contributed by atoms with Gasteiger partial charge in [-0.1, -0.05) is 26.0 Å². The van der Waals surface area contributed by atoms with Crippen molar-refractivity contribution in [1.29, 1.82) is 0 Å². The van der Waals surface area contributed by atoms with Crippen molar-refractivity contribution in [3.8, 4) is 0 Å². The van der Waals surface area contributed by atoms with Gasteiger partial charge in [-0.3, -0.25) is 9.69 Å². The topological polar surface area (TPSA) is 58.4 Å². The first kappa shape index (κ1) is 18.9. The molecule has 0 saturated carbocycles. The van der Waals surface area contributed by atoms with Gasteiger partial charge >= 0.3 is 0 Å². The third-order valence-corrected chi connectivity index (χ3v) is 4.36. The zero-order valence-electron chi connectivity index (χ0n) is 13.5. The minimum Gasteiger partial charge on any atom is -0.329 e. The average molecular weight is 326 g/mol. The van der Waals surface area contributed by atoms with Gasteiger partial charge in [0.2, 0.25) is 5.91 Å². The summed E-state index contributed by atoms with van der Waals surface area (Å²) >= 11 is 0. The minimum absolute atomic E-state index is 0. The van der Waals surface area contributed by atoms with Crippen LogP contribution in [0, 0.1) is 5.92 Å². The highest BCUT2D eigenvalue weighted by atomic mass is 35.5. The number of carbonyl (C=O) groups excluding carboxylic acids is 1. The van der Waals surface area contributed by atoms with Crippen molar-refractivity contribution < 1.29 is 4.79 Å². The molecule has 1 aliphatic rings. The van der Waals surface area contributed by atoms with E-state index in [1.807, 2.05) is 12.1 Å². The molecule has 3 N–H and O–H groups in total. The maximum absolute atomic E-state index is 12.2. The predicted octanol–water partition coefficient (Wildman–Crippen LogP) is 2.67. The second-order valence-electron chi connectivity index (χ2n) is 6.09. The Morgan fingerprint density at radius 3 is 2.64 bits per heavy atom. The summed E-state index contributed by atoms with van der Waals surface area (Å²) in [5.41, 5.74) is 7.99. The zero-order chi connectivity index (χ0) is 15.2. The summed E-state index contributed by atoms with van der Waals surface area (Å²) < 4.78 is 0. The number of carbonyl (C=O) groups is 1. The molecule has 2 unspecified atom stereocenters. The van der Waals surface area contributed by atoms with E-state index in [2.05, 4.69) is 36.2 Å². The van der Waals surface area contributed by atoms with Gasteiger partial charge in [0.25, 0.3) is 0 Å². The van der Waals surface area contributed by atoms with Crippen LogP contribution in [-0.4, -0.2) is 36.5 Å². The van der Waals surface area contributed by atoms with Gasteiger partial charge in [0, 0.05) is 18.3 Å². The lowest BCUT2D eigenvalue weighted by molar-refractivity contribution is -0.118. The van der Waals surface area contributed by atoms with E-state index in [1.165, 1.54) is 5.56 Å². The number of piperidine rings is 1. The number of nitrogens with two attached hydrogens (primary N) is 1. The molecule has 22 heavy (non-hydrogen) atoms. The molecule has 4 nitrogen and oxygen atoms in total. The lowest BCUT2D eigenvalue weighted by Gasteiger charge is -2.37. The van der Waals surface area contributed by atoms with Crippen LogP contribution in [-0.2, 0) is 11.2 Å². The number of aryl methyl sites for hydroxylation is 1. The van der Waals surface area contributed by atoms with E-state index in [-0.39, 0.29) is 18.3 Å². The van der Waals surface area contributed by atoms with Crippen LogP contribution in [0.15, 0.2) is 24.3 Å². The molecular formula is C17H28ClN3O. The number of benzene rings is 1. The number of halogens is 1. The summed E-state index contributed by atoms with van der Waals surface area (Å²) in [5.74, 6) is 0.756. The Labute approximate surface area is 139 Å². The first-order valence-electron chi connectivity index (χ1n) is 7.95. The predicted molar refractivity (Wildman–Crippen MR) is 94.5 cm³/mol. The summed E-state index contributed by atoms with van der Waals surface area (Å²) in [6.45, 7) is 6.41. The molecule has 1 amide bonds. The molecule has 1 fully saturated rings. The van der Waals surface area contributed by atoms with Gasteiger partial charge in [0.1, 0.15) is 0 Å². The number of nitrogens with one attached hydrogen (secondary N) is 1. The molecule has 0 spiro atoms. The molecule has 0 radical (unpaired) electrons. The van der Waals surface area contributed by atoms with Crippen LogP contribution in [0.5, 0.6) is 0 Å². The van der Waals surface area contributed by atoms with E-state index in [9.17, 15) is 4.79 Å². The number of amides is 1. The second kappa shape index (κ2) is 9.13. The fourth-order valence-electron chi connectivity index (χ4n) is 2.96. The summed E-state index contributed by atoms with van der Waals surface area (Å²) in [7, 11) is 0. The summed E-state index contributed by atoms with van der Waals surface area (Å²) in [6, 6.07) is 8.38. The average Bonchev–Trinajstić information content (AvgIpc) is 2.49. The monoisotopic (exact) mass is 325 g/mol. The number of hydrogen-bond acceptors (Lipinski definition) is 3. The van der Waals surface area contributed by atoms with Gasteiger partial charge < -0.3 is 11.1 Å². The maximum atomic E-state index is 12.2. The van der Waals surface area contributed by atoms with E-state index in [1.54, 1.807) is 0 Å². The molecule has 1 aromatic rings. The highest BCUT2D eigenvalue weighted by Crippen LogP contribution is 2.21. The smallest absolute Gasteiger partial charge is 0.238 e. The standard InChI is InChI=1S/C17H27N3O.ClH/c1-3-14-4-6-15(7-5-14)19-17(21)12-20-9-8-13(2)10-16(20)11-18;/h4-7,13,16H,3,8-12,18H2,1-2H3,(H,19,21);1H. The molecule has 1 aromatic carbocycles. The molecule has 2 atom stereocenters. The van der Waals surface area contributed by atoms with Gasteiger partial charge in [0.05, 0.1) is 6.54 Å². The van der Waals surface area contributed by atoms with Gasteiger partial charge in [-0.25, -0.2) is 0 Å². The SMILES string of the molecule is CCc1ccc(NC(=O)CN2CCC(C)CC2CN)cc1.Cl. The summed E-state index contributed by atoms with van der Waals surface area (Å²) in [4.78, 5) is 14.4. The Morgan fingerprint density at radius 1 is 1.36 bits per heavy atom. The van der Waals surface area contributed by atoms with E-state index in [4.69, 9.17) is 5.73 Å². The number of likely N-dealkylation sites (tertiary alicyclic amines) is 1. The lowest BCUT2D eigenvalue weighted by atomic mass is 9.92. The van der Waals surface area contributed by atoms with Crippen molar-refractivity contribution in [2.45, 2.75) is 39.2 Å². The molecule has 5 heteroatoms. The molecule has 2 rings (SSSR count). The fourth-order valence-corrected chi connectivity index (χ4v) is 2.96. The van der Waals surface area contributed by atoms with Crippen LogP contribution in [0.2, 0.25) is 0 Å². The van der Waals surface area contributed by atoms with Crippen LogP contribution >= 0.6 is 12.4 Å². The van der Waals surface area contributed by atoms with E-state index < -0.39 is 0 Å². The molecule has 1 aliphatic heterocycles. The highest BCUT2D eigenvalue weighted by molar-refractivity contribution is 5.92. The normalized spacial score (nSPS) is 22.0. The third-order valence-electron chi connectivity index (χ3n) is 4.36. The molecule has 1 heterocycles. The van der Waals surface area contributed by atoms with Crippen molar-refractivity contribution in [2.75, 3.05) is 25.0 Å². The Bertz CT molecular complexity index is 463. The van der Waals surface area contributed by atoms with E-state index >= 15 is 0 Å². The number of hydrogen-bond donors (Lipinski definition) is 2. The van der Waals surface area contributed by atoms with Crippen LogP contribution in [0.25, 0.3) is 0 Å². The van der Waals surface area contributed by atoms with E-state index in [0.29, 0.717) is 25.0 Å². The Kier molecular flexibility index (Phi) is 7.87. The van der Waals surface area contributed by atoms with Gasteiger partial charge in [0.15, 0.2) is 0 Å². The van der Waals surface area contributed by atoms with Crippen molar-refractivity contribution in [2.24, 2.45) is 11.7 Å². The van der Waals surface area contributed by atoms with Gasteiger partial charge in [-0.15, -0.1) is 12.4 Å². The molecular weight excluding hydrogens is 298 g/mol. The van der Waals surface area contributed by atoms with E-state index in [0.717, 1.165) is 31.5 Å². The van der Waals surface area contributed by atoms with Gasteiger partial charge in [-0.2, -0.15) is 0 Å². The molecule has 0 aromatic heterocycles. The number of anilines is 1. The summed E-state index contributed by atoms with van der Waals surface area (Å²) in [5, 5.41) is 2.97. The lowest BCUT2D eigenvalue weighted by Crippen LogP contribution is -2.49. The van der Waals surface area contributed by atoms with Crippen LogP contribution in [0.1, 0.15) is 32.3 Å². The van der Waals surface area contributed by atoms with Crippen molar-refractivity contribution in [3.05, 3.63) is 29.8 Å². The quantitative estimate of drug-likeness (QED) is 0.875. The zero-order valence-corrected chi connectivity index (χ0v) is 14.4. The third kappa shape index (κ3) is 5.27. The Hall–Kier alpha value is -1.10. The first-order chi connectivity index (χ1) is 10.1. The Balaban J connectivity index is 0.00000242. The largest absolute Gasteiger partial charge is 0.329 e. The highest BCUT2D eigenvalue weighted by Gasteiger charge is 2.26. The van der Waals surface area contributed by atoms with Gasteiger partial charge in [-0.05, 0) is 49.4 Å².